The second kappa shape index (κ2) is 9.66. The zero-order valence-corrected chi connectivity index (χ0v) is 22.8. The maximum absolute atomic E-state index is 12.8. The molecule has 1 atom stereocenters. The molecule has 198 valence electrons. The predicted octanol–water partition coefficient (Wildman–Crippen LogP) is 5.61. The summed E-state index contributed by atoms with van der Waals surface area (Å²) in [5, 5.41) is 0.793. The van der Waals surface area contributed by atoms with E-state index in [2.05, 4.69) is 21.0 Å². The van der Waals surface area contributed by atoms with E-state index in [4.69, 9.17) is 23.9 Å². The van der Waals surface area contributed by atoms with Crippen LogP contribution in [0, 0.1) is 20.8 Å². The Labute approximate surface area is 228 Å². The maximum Gasteiger partial charge on any atom is 0.417 e. The van der Waals surface area contributed by atoms with E-state index in [0.29, 0.717) is 23.1 Å². The van der Waals surface area contributed by atoms with Gasteiger partial charge >= 0.3 is 6.09 Å². The molecule has 5 aromatic rings. The lowest BCUT2D eigenvalue weighted by molar-refractivity contribution is -0.0717. The number of pyridine rings is 1. The minimum atomic E-state index is -0.898. The molecule has 1 aliphatic heterocycles. The summed E-state index contributed by atoms with van der Waals surface area (Å²) < 4.78 is 23.9. The van der Waals surface area contributed by atoms with Crippen molar-refractivity contribution in [1.82, 2.24) is 19.9 Å². The lowest BCUT2D eigenvalue weighted by atomic mass is 10.1. The number of hydrogen-bond acceptors (Lipinski definition) is 10. The van der Waals surface area contributed by atoms with Gasteiger partial charge in [-0.15, -0.1) is 11.3 Å². The fourth-order valence-electron chi connectivity index (χ4n) is 4.45. The molecule has 3 aromatic heterocycles. The van der Waals surface area contributed by atoms with Crippen molar-refractivity contribution < 1.29 is 23.7 Å². The average molecular weight is 544 g/mol. The number of aryl methyl sites for hydroxylation is 3. The predicted molar refractivity (Wildman–Crippen MR) is 148 cm³/mol. The maximum atomic E-state index is 12.8. The third-order valence-corrected chi connectivity index (χ3v) is 7.47. The topological polar surface area (TPSA) is 109 Å². The van der Waals surface area contributed by atoms with Crippen LogP contribution in [0.4, 0.5) is 10.5 Å². The number of thiazole rings is 1. The van der Waals surface area contributed by atoms with E-state index in [1.54, 1.807) is 38.7 Å². The minimum absolute atomic E-state index is 0.0476. The molecule has 1 amide bonds. The summed E-state index contributed by atoms with van der Waals surface area (Å²) in [7, 11) is 3.20. The van der Waals surface area contributed by atoms with Gasteiger partial charge in [0.25, 0.3) is 6.29 Å². The van der Waals surface area contributed by atoms with Gasteiger partial charge in [-0.1, -0.05) is 0 Å². The van der Waals surface area contributed by atoms with Gasteiger partial charge in [-0.3, -0.25) is 9.88 Å². The zero-order valence-electron chi connectivity index (χ0n) is 22.0. The molecule has 0 fully saturated rings. The lowest BCUT2D eigenvalue weighted by Gasteiger charge is -2.28. The highest BCUT2D eigenvalue weighted by molar-refractivity contribution is 7.22. The molecule has 0 saturated carbocycles. The molecule has 1 aliphatic rings. The van der Waals surface area contributed by atoms with Crippen LogP contribution in [0.2, 0.25) is 0 Å². The van der Waals surface area contributed by atoms with Crippen LogP contribution in [-0.4, -0.2) is 53.1 Å². The van der Waals surface area contributed by atoms with Crippen LogP contribution in [0.3, 0.4) is 0 Å². The van der Waals surface area contributed by atoms with Crippen LogP contribution in [0.25, 0.3) is 31.8 Å². The van der Waals surface area contributed by atoms with Crippen molar-refractivity contribution in [1.29, 1.82) is 0 Å². The molecule has 0 aliphatic carbocycles. The van der Waals surface area contributed by atoms with E-state index in [0.717, 1.165) is 48.6 Å². The number of ether oxygens (including phenoxy) is 4. The van der Waals surface area contributed by atoms with E-state index in [1.807, 2.05) is 32.9 Å². The minimum Gasteiger partial charge on any atom is -0.480 e. The summed E-state index contributed by atoms with van der Waals surface area (Å²) in [4.78, 5) is 32.4. The van der Waals surface area contributed by atoms with Crippen molar-refractivity contribution in [3.05, 3.63) is 59.5 Å². The third-order valence-electron chi connectivity index (χ3n) is 6.38. The molecule has 2 aromatic carbocycles. The highest BCUT2D eigenvalue weighted by Gasteiger charge is 2.30. The van der Waals surface area contributed by atoms with Gasteiger partial charge in [-0.05, 0) is 62.2 Å². The third kappa shape index (κ3) is 4.54. The lowest BCUT2D eigenvalue weighted by Crippen LogP contribution is -2.38. The largest absolute Gasteiger partial charge is 0.480 e. The number of aromatic nitrogens is 4. The van der Waals surface area contributed by atoms with Crippen LogP contribution < -0.4 is 19.1 Å². The van der Waals surface area contributed by atoms with Gasteiger partial charge in [0.1, 0.15) is 9.71 Å². The van der Waals surface area contributed by atoms with E-state index >= 15 is 0 Å². The van der Waals surface area contributed by atoms with Gasteiger partial charge in [-0.25, -0.2) is 19.7 Å². The highest BCUT2D eigenvalue weighted by atomic mass is 32.1. The standard InChI is InChI=1S/C28H25N5O5S/c1-14-8-18(24-19(9-14)31-21(35-5)12-30-24)27-32-23-15(2)10-20-25(26(23)39-27)36-13-22(37-20)38-28(34)33(4)17-6-7-29-16(3)11-17/h6-12,22H,13H2,1-5H3/t22-/m1/s1. The SMILES string of the molecule is COc1cnc2c(-c3nc4c(C)cc5c(c4s3)OC[C@@H](OC(=O)N(C)c3ccnc(C)c3)O5)cc(C)cc2n1. The van der Waals surface area contributed by atoms with E-state index < -0.39 is 12.4 Å². The van der Waals surface area contributed by atoms with Crippen LogP contribution in [0.1, 0.15) is 16.8 Å². The normalized spacial score (nSPS) is 14.4. The Morgan fingerprint density at radius 1 is 1.10 bits per heavy atom. The Bertz CT molecular complexity index is 1750. The number of benzene rings is 2. The number of carbonyl (C=O) groups excluding carboxylic acids is 1. The summed E-state index contributed by atoms with van der Waals surface area (Å²) >= 11 is 1.49. The van der Waals surface area contributed by atoms with Gasteiger partial charge in [0, 0.05) is 24.5 Å². The Balaban J connectivity index is 1.30. The fourth-order valence-corrected chi connectivity index (χ4v) is 5.61. The van der Waals surface area contributed by atoms with Crippen molar-refractivity contribution in [2.75, 3.05) is 25.7 Å². The number of rotatable bonds is 4. The summed E-state index contributed by atoms with van der Waals surface area (Å²) in [5.41, 5.74) is 6.59. The molecule has 11 heteroatoms. The molecule has 0 unspecified atom stereocenters. The molecule has 0 N–H and O–H groups in total. The van der Waals surface area contributed by atoms with Crippen molar-refractivity contribution >= 4 is 44.4 Å². The first-order valence-electron chi connectivity index (χ1n) is 12.2. The second-order valence-corrected chi connectivity index (χ2v) is 10.3. The van der Waals surface area contributed by atoms with Crippen molar-refractivity contribution in [2.24, 2.45) is 0 Å². The molecule has 0 radical (unpaired) electrons. The van der Waals surface area contributed by atoms with Gasteiger partial charge in [0.15, 0.2) is 18.1 Å². The van der Waals surface area contributed by atoms with Crippen molar-refractivity contribution in [3.63, 3.8) is 0 Å². The summed E-state index contributed by atoms with van der Waals surface area (Å²) in [6.45, 7) is 5.88. The molecule has 4 heterocycles. The number of nitrogens with zero attached hydrogens (tertiary/aromatic N) is 5. The molecule has 0 spiro atoms. The van der Waals surface area contributed by atoms with Crippen LogP contribution in [0.5, 0.6) is 17.4 Å². The first kappa shape index (κ1) is 24.8. The van der Waals surface area contributed by atoms with Crippen molar-refractivity contribution in [2.45, 2.75) is 27.1 Å². The Morgan fingerprint density at radius 2 is 1.95 bits per heavy atom. The fraction of sp³-hybridized carbons (Fsp3) is 0.250. The molecule has 0 bridgehead atoms. The van der Waals surface area contributed by atoms with E-state index in [-0.39, 0.29) is 6.61 Å². The Hall–Kier alpha value is -4.51. The molecule has 39 heavy (non-hydrogen) atoms. The molecule has 6 rings (SSSR count). The summed E-state index contributed by atoms with van der Waals surface area (Å²) in [6, 6.07) is 9.42. The number of anilines is 1. The second-order valence-electron chi connectivity index (χ2n) is 9.27. The van der Waals surface area contributed by atoms with Gasteiger partial charge in [0.2, 0.25) is 5.88 Å². The summed E-state index contributed by atoms with van der Waals surface area (Å²) in [5.74, 6) is 1.53. The van der Waals surface area contributed by atoms with Crippen LogP contribution in [0.15, 0.2) is 42.7 Å². The van der Waals surface area contributed by atoms with Crippen LogP contribution >= 0.6 is 11.3 Å². The van der Waals surface area contributed by atoms with Gasteiger partial charge in [0.05, 0.1) is 35.5 Å². The van der Waals surface area contributed by atoms with Gasteiger partial charge in [-0.2, -0.15) is 0 Å². The first-order valence-corrected chi connectivity index (χ1v) is 13.0. The number of carbonyl (C=O) groups is 1. The first-order chi connectivity index (χ1) is 18.8. The van der Waals surface area contributed by atoms with Crippen LogP contribution in [-0.2, 0) is 4.74 Å². The average Bonchev–Trinajstić information content (AvgIpc) is 3.38. The Kier molecular flexibility index (Phi) is 6.15. The molecule has 0 saturated heterocycles. The molecular weight excluding hydrogens is 518 g/mol. The molecular formula is C28H25N5O5S. The van der Waals surface area contributed by atoms with Gasteiger partial charge < -0.3 is 18.9 Å². The molecule has 10 nitrogen and oxygen atoms in total. The quantitative estimate of drug-likeness (QED) is 0.286. The number of methoxy groups -OCH3 is 1. The monoisotopic (exact) mass is 543 g/mol. The Morgan fingerprint density at radius 3 is 2.74 bits per heavy atom. The van der Waals surface area contributed by atoms with Crippen molar-refractivity contribution in [3.8, 4) is 28.0 Å². The number of fused-ring (bicyclic) bond motifs is 4. The number of amides is 1. The van der Waals surface area contributed by atoms with E-state index in [9.17, 15) is 4.79 Å². The summed E-state index contributed by atoms with van der Waals surface area (Å²) in [6.07, 6.45) is 1.79. The highest BCUT2D eigenvalue weighted by Crippen LogP contribution is 2.46. The zero-order chi connectivity index (χ0) is 27.3. The number of hydrogen-bond donors (Lipinski definition) is 0. The smallest absolute Gasteiger partial charge is 0.417 e. The van der Waals surface area contributed by atoms with E-state index in [1.165, 1.54) is 16.2 Å².